The maximum Gasteiger partial charge on any atom is 0.246 e. The molecular weight excluding hydrogens is 420 g/mol. The van der Waals surface area contributed by atoms with Crippen LogP contribution in [-0.2, 0) is 21.4 Å². The SMILES string of the molecule is COc1ccc(-c2noc(CN(C)C(=O)C(c3ccccc3)N(C)S(C)(=O)=O)n2)cc1. The van der Waals surface area contributed by atoms with Crippen LogP contribution in [0.4, 0.5) is 0 Å². The number of carbonyl (C=O) groups is 1. The van der Waals surface area contributed by atoms with Gasteiger partial charge in [-0.2, -0.15) is 9.29 Å². The molecule has 0 bridgehead atoms. The maximum absolute atomic E-state index is 13.2. The van der Waals surface area contributed by atoms with Crippen molar-refractivity contribution in [3.8, 4) is 17.1 Å². The zero-order valence-electron chi connectivity index (χ0n) is 17.7. The van der Waals surface area contributed by atoms with Crippen LogP contribution in [0.25, 0.3) is 11.4 Å². The van der Waals surface area contributed by atoms with Crippen molar-refractivity contribution in [1.29, 1.82) is 0 Å². The number of nitrogens with zero attached hydrogens (tertiary/aromatic N) is 4. The Morgan fingerprint density at radius 3 is 2.32 bits per heavy atom. The number of hydrogen-bond donors (Lipinski definition) is 0. The van der Waals surface area contributed by atoms with E-state index >= 15 is 0 Å². The number of ether oxygens (including phenoxy) is 1. The molecule has 31 heavy (non-hydrogen) atoms. The van der Waals surface area contributed by atoms with Crippen LogP contribution in [0, 0.1) is 0 Å². The lowest BCUT2D eigenvalue weighted by molar-refractivity contribution is -0.134. The minimum Gasteiger partial charge on any atom is -0.497 e. The lowest BCUT2D eigenvalue weighted by Gasteiger charge is -2.29. The smallest absolute Gasteiger partial charge is 0.246 e. The second kappa shape index (κ2) is 9.27. The van der Waals surface area contributed by atoms with E-state index in [9.17, 15) is 13.2 Å². The van der Waals surface area contributed by atoms with E-state index in [2.05, 4.69) is 10.1 Å². The number of rotatable bonds is 8. The van der Waals surface area contributed by atoms with Crippen molar-refractivity contribution in [3.05, 3.63) is 66.1 Å². The molecule has 164 valence electrons. The van der Waals surface area contributed by atoms with Gasteiger partial charge in [-0.1, -0.05) is 35.5 Å². The number of benzene rings is 2. The molecular formula is C21H24N4O5S. The number of methoxy groups -OCH3 is 1. The van der Waals surface area contributed by atoms with Gasteiger partial charge in [-0.05, 0) is 29.8 Å². The molecule has 1 heterocycles. The van der Waals surface area contributed by atoms with E-state index in [1.165, 1.54) is 11.9 Å². The van der Waals surface area contributed by atoms with Gasteiger partial charge in [0.2, 0.25) is 27.6 Å². The van der Waals surface area contributed by atoms with Crippen LogP contribution >= 0.6 is 0 Å². The molecule has 1 unspecified atom stereocenters. The molecule has 3 rings (SSSR count). The molecule has 0 saturated heterocycles. The zero-order valence-corrected chi connectivity index (χ0v) is 18.5. The van der Waals surface area contributed by atoms with Crippen molar-refractivity contribution < 1.29 is 22.5 Å². The second-order valence-corrected chi connectivity index (χ2v) is 9.07. The normalized spacial score (nSPS) is 12.5. The number of hydrogen-bond acceptors (Lipinski definition) is 7. The fourth-order valence-electron chi connectivity index (χ4n) is 3.00. The van der Waals surface area contributed by atoms with E-state index in [0.29, 0.717) is 17.1 Å². The van der Waals surface area contributed by atoms with E-state index in [4.69, 9.17) is 9.26 Å². The zero-order chi connectivity index (χ0) is 22.6. The van der Waals surface area contributed by atoms with Gasteiger partial charge in [0, 0.05) is 19.7 Å². The molecule has 3 aromatic rings. The standard InChI is InChI=1S/C21H24N4O5S/c1-24(14-18-22-20(23-30-18)16-10-12-17(29-3)13-11-16)21(26)19(25(2)31(4,27)28)15-8-6-5-7-9-15/h5-13,19H,14H2,1-4H3. The number of aromatic nitrogens is 2. The van der Waals surface area contributed by atoms with Crippen molar-refractivity contribution in [3.63, 3.8) is 0 Å². The Morgan fingerprint density at radius 1 is 1.10 bits per heavy atom. The summed E-state index contributed by atoms with van der Waals surface area (Å²) in [5.74, 6) is 0.907. The van der Waals surface area contributed by atoms with Gasteiger partial charge in [-0.15, -0.1) is 0 Å². The number of amides is 1. The van der Waals surface area contributed by atoms with Crippen LogP contribution in [0.5, 0.6) is 5.75 Å². The van der Waals surface area contributed by atoms with Crippen LogP contribution in [0.3, 0.4) is 0 Å². The molecule has 0 radical (unpaired) electrons. The first-order chi connectivity index (χ1) is 14.7. The van der Waals surface area contributed by atoms with Crippen LogP contribution < -0.4 is 4.74 Å². The average Bonchev–Trinajstić information content (AvgIpc) is 3.22. The largest absolute Gasteiger partial charge is 0.497 e. The highest BCUT2D eigenvalue weighted by atomic mass is 32.2. The first-order valence-electron chi connectivity index (χ1n) is 9.40. The highest BCUT2D eigenvalue weighted by molar-refractivity contribution is 7.88. The predicted octanol–water partition coefficient (Wildman–Crippen LogP) is 2.34. The average molecular weight is 445 g/mol. The van der Waals surface area contributed by atoms with E-state index in [0.717, 1.165) is 16.1 Å². The Hall–Kier alpha value is -3.24. The predicted molar refractivity (Wildman–Crippen MR) is 115 cm³/mol. The summed E-state index contributed by atoms with van der Waals surface area (Å²) in [4.78, 5) is 18.9. The lowest BCUT2D eigenvalue weighted by Crippen LogP contribution is -2.41. The molecule has 0 aliphatic heterocycles. The number of likely N-dealkylation sites (N-methyl/N-ethyl adjacent to an activating group) is 2. The Kier molecular flexibility index (Phi) is 6.71. The molecule has 1 atom stereocenters. The van der Waals surface area contributed by atoms with E-state index in [1.807, 2.05) is 0 Å². The van der Waals surface area contributed by atoms with Crippen molar-refractivity contribution in [2.45, 2.75) is 12.6 Å². The number of sulfonamides is 1. The Labute approximate surface area is 181 Å². The highest BCUT2D eigenvalue weighted by Gasteiger charge is 2.33. The van der Waals surface area contributed by atoms with Gasteiger partial charge in [-0.25, -0.2) is 8.42 Å². The summed E-state index contributed by atoms with van der Waals surface area (Å²) in [6.07, 6.45) is 1.06. The third-order valence-electron chi connectivity index (χ3n) is 4.80. The van der Waals surface area contributed by atoms with Crippen molar-refractivity contribution in [2.75, 3.05) is 27.5 Å². The molecule has 1 aromatic heterocycles. The molecule has 1 amide bonds. The van der Waals surface area contributed by atoms with Gasteiger partial charge in [-0.3, -0.25) is 4.79 Å². The van der Waals surface area contributed by atoms with Gasteiger partial charge in [0.05, 0.1) is 19.9 Å². The lowest BCUT2D eigenvalue weighted by atomic mass is 10.1. The van der Waals surface area contributed by atoms with Gasteiger partial charge in [0.1, 0.15) is 11.8 Å². The summed E-state index contributed by atoms with van der Waals surface area (Å²) in [5.41, 5.74) is 1.31. The van der Waals surface area contributed by atoms with E-state index in [1.54, 1.807) is 68.8 Å². The molecule has 0 spiro atoms. The van der Waals surface area contributed by atoms with E-state index in [-0.39, 0.29) is 12.4 Å². The molecule has 10 heteroatoms. The number of carbonyl (C=O) groups excluding carboxylic acids is 1. The van der Waals surface area contributed by atoms with Crippen LogP contribution in [0.15, 0.2) is 59.1 Å². The minimum absolute atomic E-state index is 0.0307. The fraction of sp³-hybridized carbons (Fsp3) is 0.286. The summed E-state index contributed by atoms with van der Waals surface area (Å²) in [6.45, 7) is 0.0307. The van der Waals surface area contributed by atoms with Gasteiger partial charge >= 0.3 is 0 Å². The van der Waals surface area contributed by atoms with Crippen molar-refractivity contribution >= 4 is 15.9 Å². The molecule has 0 aliphatic rings. The first-order valence-corrected chi connectivity index (χ1v) is 11.3. The minimum atomic E-state index is -3.62. The summed E-state index contributed by atoms with van der Waals surface area (Å²) in [7, 11) is 0.910. The topological polar surface area (TPSA) is 106 Å². The van der Waals surface area contributed by atoms with Gasteiger partial charge in [0.25, 0.3) is 0 Å². The molecule has 0 saturated carbocycles. The quantitative estimate of drug-likeness (QED) is 0.525. The molecule has 0 fully saturated rings. The molecule has 2 aromatic carbocycles. The monoisotopic (exact) mass is 444 g/mol. The summed E-state index contributed by atoms with van der Waals surface area (Å²) < 4.78 is 35.8. The second-order valence-electron chi connectivity index (χ2n) is 7.03. The van der Waals surface area contributed by atoms with Crippen molar-refractivity contribution in [1.82, 2.24) is 19.3 Å². The van der Waals surface area contributed by atoms with Crippen molar-refractivity contribution in [2.24, 2.45) is 0 Å². The van der Waals surface area contributed by atoms with Crippen LogP contribution in [0.2, 0.25) is 0 Å². The molecule has 0 aliphatic carbocycles. The van der Waals surface area contributed by atoms with Gasteiger partial charge < -0.3 is 14.2 Å². The van der Waals surface area contributed by atoms with Crippen LogP contribution in [0.1, 0.15) is 17.5 Å². The third kappa shape index (κ3) is 5.28. The molecule has 0 N–H and O–H groups in total. The molecule has 9 nitrogen and oxygen atoms in total. The van der Waals surface area contributed by atoms with Crippen LogP contribution in [-0.4, -0.2) is 61.1 Å². The Morgan fingerprint density at radius 2 is 1.74 bits per heavy atom. The summed E-state index contributed by atoms with van der Waals surface area (Å²) in [6, 6.07) is 14.9. The van der Waals surface area contributed by atoms with Gasteiger partial charge in [0.15, 0.2) is 0 Å². The maximum atomic E-state index is 13.2. The Balaban J connectivity index is 1.80. The Bertz CT molecular complexity index is 1130. The summed E-state index contributed by atoms with van der Waals surface area (Å²) in [5, 5.41) is 3.96. The first kappa shape index (κ1) is 22.4. The fourth-order valence-corrected chi connectivity index (χ4v) is 3.60. The summed E-state index contributed by atoms with van der Waals surface area (Å²) >= 11 is 0. The highest BCUT2D eigenvalue weighted by Crippen LogP contribution is 2.25. The van der Waals surface area contributed by atoms with E-state index < -0.39 is 22.0 Å². The third-order valence-corrected chi connectivity index (χ3v) is 6.06.